The number of fused-ring (bicyclic) bond motifs is 1. The Morgan fingerprint density at radius 1 is 1.19 bits per heavy atom. The molecule has 1 heterocycles. The lowest BCUT2D eigenvalue weighted by atomic mass is 10.1. The Bertz CT molecular complexity index is 1250. The molecule has 32 heavy (non-hydrogen) atoms. The zero-order chi connectivity index (χ0) is 22.7. The molecule has 0 fully saturated rings. The maximum atomic E-state index is 12.3. The number of hydrogen-bond donors (Lipinski definition) is 0. The fourth-order valence-electron chi connectivity index (χ4n) is 3.69. The average molecular weight is 435 g/mol. The van der Waals surface area contributed by atoms with Crippen molar-refractivity contribution in [2.24, 2.45) is 17.3 Å². The fraction of sp³-hybridized carbons (Fsp3) is 0.348. The smallest absolute Gasteiger partial charge is 0.368 e. The second kappa shape index (κ2) is 9.17. The fourth-order valence-corrected chi connectivity index (χ4v) is 3.69. The Balaban J connectivity index is 1.56. The molecule has 9 nitrogen and oxygen atoms in total. The van der Waals surface area contributed by atoms with Gasteiger partial charge in [0.2, 0.25) is 5.90 Å². The third-order valence-electron chi connectivity index (χ3n) is 5.56. The van der Waals surface area contributed by atoms with E-state index in [-0.39, 0.29) is 12.3 Å². The topological polar surface area (TPSA) is 95.9 Å². The van der Waals surface area contributed by atoms with Gasteiger partial charge in [-0.2, -0.15) is 14.5 Å². The molecular formula is C23H26N6O3. The molecular weight excluding hydrogens is 408 g/mol. The average Bonchev–Trinajstić information content (AvgIpc) is 3.37. The first-order valence-corrected chi connectivity index (χ1v) is 10.5. The van der Waals surface area contributed by atoms with E-state index in [0.29, 0.717) is 18.0 Å². The Labute approximate surface area is 186 Å². The van der Waals surface area contributed by atoms with E-state index in [1.54, 1.807) is 14.2 Å². The van der Waals surface area contributed by atoms with Crippen LogP contribution in [0.2, 0.25) is 0 Å². The van der Waals surface area contributed by atoms with Crippen LogP contribution >= 0.6 is 0 Å². The van der Waals surface area contributed by atoms with Gasteiger partial charge in [0.1, 0.15) is 12.4 Å². The molecule has 1 aliphatic carbocycles. The number of aromatic nitrogens is 4. The molecule has 0 unspecified atom stereocenters. The van der Waals surface area contributed by atoms with Gasteiger partial charge < -0.3 is 9.47 Å². The monoisotopic (exact) mass is 434 g/mol. The molecule has 0 saturated carbocycles. The number of nitrogens with zero attached hydrogens (tertiary/aromatic N) is 6. The van der Waals surface area contributed by atoms with Crippen LogP contribution in [-0.4, -0.2) is 38.5 Å². The SMILES string of the molecule is CCC(=NN=C1CCc2cc(OC)ccc21)OCc1c(C)cccc1-n1nnn(C)c1=O. The van der Waals surface area contributed by atoms with Crippen LogP contribution in [0.3, 0.4) is 0 Å². The highest BCUT2D eigenvalue weighted by atomic mass is 16.5. The molecule has 1 aromatic heterocycles. The minimum Gasteiger partial charge on any atom is -0.497 e. The van der Waals surface area contributed by atoms with Gasteiger partial charge in [-0.05, 0) is 65.6 Å². The van der Waals surface area contributed by atoms with E-state index >= 15 is 0 Å². The van der Waals surface area contributed by atoms with Gasteiger partial charge >= 0.3 is 5.69 Å². The van der Waals surface area contributed by atoms with Crippen molar-refractivity contribution in [3.63, 3.8) is 0 Å². The predicted octanol–water partition coefficient (Wildman–Crippen LogP) is 2.96. The number of tetrazole rings is 1. The van der Waals surface area contributed by atoms with Gasteiger partial charge in [-0.3, -0.25) is 0 Å². The summed E-state index contributed by atoms with van der Waals surface area (Å²) in [6.45, 7) is 4.19. The molecule has 4 rings (SSSR count). The Morgan fingerprint density at radius 2 is 2.03 bits per heavy atom. The van der Waals surface area contributed by atoms with Crippen LogP contribution in [0.5, 0.6) is 5.75 Å². The second-order valence-electron chi connectivity index (χ2n) is 7.58. The van der Waals surface area contributed by atoms with Gasteiger partial charge in [0, 0.05) is 24.6 Å². The number of aryl methyl sites for hydroxylation is 3. The van der Waals surface area contributed by atoms with Gasteiger partial charge in [-0.1, -0.05) is 19.1 Å². The maximum absolute atomic E-state index is 12.3. The standard InChI is InChI=1S/C23H26N6O3/c1-5-22(25-24-20-12-9-16-13-17(31-4)10-11-18(16)20)32-14-19-15(2)7-6-8-21(19)29-23(30)28(3)26-27-29/h6-8,10-11,13H,5,9,12,14H2,1-4H3. The molecule has 0 saturated heterocycles. The lowest BCUT2D eigenvalue weighted by molar-refractivity contribution is 0.282. The Kier molecular flexibility index (Phi) is 6.16. The summed E-state index contributed by atoms with van der Waals surface area (Å²) in [5.74, 6) is 1.38. The summed E-state index contributed by atoms with van der Waals surface area (Å²) in [5.41, 5.74) is 5.43. The summed E-state index contributed by atoms with van der Waals surface area (Å²) in [7, 11) is 3.23. The number of ether oxygens (including phenoxy) is 2. The molecule has 0 aliphatic heterocycles. The first kappa shape index (κ1) is 21.5. The summed E-state index contributed by atoms with van der Waals surface area (Å²) < 4.78 is 13.8. The van der Waals surface area contributed by atoms with Crippen molar-refractivity contribution < 1.29 is 9.47 Å². The Morgan fingerprint density at radius 3 is 2.75 bits per heavy atom. The minimum absolute atomic E-state index is 0.246. The third kappa shape index (κ3) is 4.18. The van der Waals surface area contributed by atoms with Crippen molar-refractivity contribution in [3.05, 3.63) is 69.1 Å². The van der Waals surface area contributed by atoms with Crippen LogP contribution in [0.4, 0.5) is 0 Å². The summed E-state index contributed by atoms with van der Waals surface area (Å²) in [5, 5.41) is 16.6. The van der Waals surface area contributed by atoms with Crippen molar-refractivity contribution >= 4 is 11.6 Å². The van der Waals surface area contributed by atoms with Crippen molar-refractivity contribution in [1.29, 1.82) is 0 Å². The van der Waals surface area contributed by atoms with Crippen LogP contribution in [-0.2, 0) is 24.8 Å². The molecule has 0 N–H and O–H groups in total. The third-order valence-corrected chi connectivity index (χ3v) is 5.56. The van der Waals surface area contributed by atoms with Crippen LogP contribution in [0, 0.1) is 6.92 Å². The van der Waals surface area contributed by atoms with E-state index < -0.39 is 0 Å². The van der Waals surface area contributed by atoms with Gasteiger partial charge in [0.05, 0.1) is 18.5 Å². The van der Waals surface area contributed by atoms with Gasteiger partial charge in [-0.15, -0.1) is 5.10 Å². The lowest BCUT2D eigenvalue weighted by Gasteiger charge is -2.13. The molecule has 0 amide bonds. The van der Waals surface area contributed by atoms with E-state index in [1.807, 2.05) is 50.2 Å². The zero-order valence-corrected chi connectivity index (χ0v) is 18.7. The van der Waals surface area contributed by atoms with E-state index in [4.69, 9.17) is 9.47 Å². The lowest BCUT2D eigenvalue weighted by Crippen LogP contribution is -2.23. The van der Waals surface area contributed by atoms with Crippen molar-refractivity contribution in [1.82, 2.24) is 19.8 Å². The number of methoxy groups -OCH3 is 1. The van der Waals surface area contributed by atoms with E-state index in [1.165, 1.54) is 14.9 Å². The highest BCUT2D eigenvalue weighted by Gasteiger charge is 2.19. The second-order valence-corrected chi connectivity index (χ2v) is 7.58. The first-order chi connectivity index (χ1) is 15.5. The molecule has 2 aromatic carbocycles. The van der Waals surface area contributed by atoms with E-state index in [9.17, 15) is 4.79 Å². The summed E-state index contributed by atoms with van der Waals surface area (Å²) in [6, 6.07) is 11.7. The molecule has 0 bridgehead atoms. The van der Waals surface area contributed by atoms with Crippen LogP contribution < -0.4 is 10.4 Å². The van der Waals surface area contributed by atoms with Crippen LogP contribution in [0.25, 0.3) is 5.69 Å². The van der Waals surface area contributed by atoms with E-state index in [0.717, 1.165) is 41.0 Å². The first-order valence-electron chi connectivity index (χ1n) is 10.5. The molecule has 1 aliphatic rings. The number of benzene rings is 2. The number of rotatable bonds is 6. The van der Waals surface area contributed by atoms with Gasteiger partial charge in [-0.25, -0.2) is 4.79 Å². The van der Waals surface area contributed by atoms with Crippen molar-refractivity contribution in [2.45, 2.75) is 39.7 Å². The molecule has 0 spiro atoms. The highest BCUT2D eigenvalue weighted by Crippen LogP contribution is 2.27. The molecule has 0 radical (unpaired) electrons. The van der Waals surface area contributed by atoms with Gasteiger partial charge in [0.25, 0.3) is 0 Å². The quantitative estimate of drug-likeness (QED) is 0.338. The van der Waals surface area contributed by atoms with Gasteiger partial charge in [0.15, 0.2) is 0 Å². The Hall–Kier alpha value is -3.75. The zero-order valence-electron chi connectivity index (χ0n) is 18.7. The highest BCUT2D eigenvalue weighted by molar-refractivity contribution is 6.04. The van der Waals surface area contributed by atoms with Crippen molar-refractivity contribution in [2.75, 3.05) is 7.11 Å². The molecule has 166 valence electrons. The van der Waals surface area contributed by atoms with Crippen molar-refractivity contribution in [3.8, 4) is 11.4 Å². The minimum atomic E-state index is -0.316. The molecule has 3 aromatic rings. The number of hydrogen-bond acceptors (Lipinski definition) is 7. The largest absolute Gasteiger partial charge is 0.497 e. The summed E-state index contributed by atoms with van der Waals surface area (Å²) >= 11 is 0. The maximum Gasteiger partial charge on any atom is 0.368 e. The predicted molar refractivity (Wildman–Crippen MR) is 122 cm³/mol. The molecule has 0 atom stereocenters. The molecule has 9 heteroatoms. The normalized spacial score (nSPS) is 14.6. The van der Waals surface area contributed by atoms with Crippen LogP contribution in [0.1, 0.15) is 42.0 Å². The summed E-state index contributed by atoms with van der Waals surface area (Å²) in [4.78, 5) is 12.3. The summed E-state index contributed by atoms with van der Waals surface area (Å²) in [6.07, 6.45) is 2.35. The van der Waals surface area contributed by atoms with Crippen LogP contribution in [0.15, 0.2) is 51.4 Å². The van der Waals surface area contributed by atoms with E-state index in [2.05, 4.69) is 20.6 Å².